The van der Waals surface area contributed by atoms with Crippen LogP contribution in [0.5, 0.6) is 0 Å². The number of carbonyl (C=O) groups excluding carboxylic acids is 1. The van der Waals surface area contributed by atoms with E-state index in [1.54, 1.807) is 7.11 Å². The standard InChI is InChI=1S/C15H26N4O2S/c1-3-12-10-19(7-6-18(12)8-9-21-2)15(20)13-11-22-14(17-13)4-5-16/h11-12H,3-10,16H2,1-2H3. The predicted octanol–water partition coefficient (Wildman–Crippen LogP) is 0.827. The van der Waals surface area contributed by atoms with E-state index in [4.69, 9.17) is 10.5 Å². The van der Waals surface area contributed by atoms with E-state index < -0.39 is 0 Å². The molecule has 1 aliphatic heterocycles. The lowest BCUT2D eigenvalue weighted by atomic mass is 10.1. The van der Waals surface area contributed by atoms with E-state index >= 15 is 0 Å². The molecule has 1 aliphatic rings. The summed E-state index contributed by atoms with van der Waals surface area (Å²) in [6.45, 7) is 6.81. The summed E-state index contributed by atoms with van der Waals surface area (Å²) in [7, 11) is 1.72. The molecule has 7 heteroatoms. The molecule has 0 spiro atoms. The SMILES string of the molecule is CCC1CN(C(=O)c2csc(CCN)n2)CCN1CCOC. The number of ether oxygens (including phenoxy) is 1. The van der Waals surface area contributed by atoms with Crippen LogP contribution in [0.3, 0.4) is 0 Å². The minimum atomic E-state index is 0.0457. The average Bonchev–Trinajstić information content (AvgIpc) is 3.01. The molecule has 0 radical (unpaired) electrons. The zero-order chi connectivity index (χ0) is 15.9. The molecule has 6 nitrogen and oxygen atoms in total. The predicted molar refractivity (Wildman–Crippen MR) is 88.3 cm³/mol. The van der Waals surface area contributed by atoms with Gasteiger partial charge in [-0.15, -0.1) is 11.3 Å². The Kier molecular flexibility index (Phi) is 6.75. The third-order valence-electron chi connectivity index (χ3n) is 4.07. The second-order valence-corrected chi connectivity index (χ2v) is 6.45. The van der Waals surface area contributed by atoms with Gasteiger partial charge >= 0.3 is 0 Å². The first-order chi connectivity index (χ1) is 10.7. The number of carbonyl (C=O) groups is 1. The number of rotatable bonds is 7. The summed E-state index contributed by atoms with van der Waals surface area (Å²) in [4.78, 5) is 21.3. The Bertz CT molecular complexity index is 480. The van der Waals surface area contributed by atoms with E-state index in [2.05, 4.69) is 16.8 Å². The number of nitrogens with two attached hydrogens (primary N) is 1. The van der Waals surface area contributed by atoms with Gasteiger partial charge in [-0.1, -0.05) is 6.92 Å². The molecule has 2 N–H and O–H groups in total. The van der Waals surface area contributed by atoms with E-state index in [9.17, 15) is 4.79 Å². The van der Waals surface area contributed by atoms with Gasteiger partial charge in [-0.3, -0.25) is 9.69 Å². The normalized spacial score (nSPS) is 19.6. The van der Waals surface area contributed by atoms with Gasteiger partial charge in [0.15, 0.2) is 0 Å². The lowest BCUT2D eigenvalue weighted by molar-refractivity contribution is 0.0381. The van der Waals surface area contributed by atoms with E-state index in [0.29, 0.717) is 18.3 Å². The number of aromatic nitrogens is 1. The molecule has 1 atom stereocenters. The summed E-state index contributed by atoms with van der Waals surface area (Å²) in [6, 6.07) is 0.398. The molecule has 22 heavy (non-hydrogen) atoms. The van der Waals surface area contributed by atoms with Crippen molar-refractivity contribution in [2.45, 2.75) is 25.8 Å². The highest BCUT2D eigenvalue weighted by Gasteiger charge is 2.29. The van der Waals surface area contributed by atoms with Crippen molar-refractivity contribution in [2.24, 2.45) is 5.73 Å². The van der Waals surface area contributed by atoms with E-state index in [-0.39, 0.29) is 5.91 Å². The van der Waals surface area contributed by atoms with Gasteiger partial charge in [0.1, 0.15) is 5.69 Å². The molecule has 1 aromatic heterocycles. The number of nitrogens with zero attached hydrogens (tertiary/aromatic N) is 3. The van der Waals surface area contributed by atoms with Crippen LogP contribution in [0.15, 0.2) is 5.38 Å². The van der Waals surface area contributed by atoms with Crippen molar-refractivity contribution in [3.8, 4) is 0 Å². The average molecular weight is 326 g/mol. The Labute approximate surface area is 136 Å². The second-order valence-electron chi connectivity index (χ2n) is 5.51. The number of hydrogen-bond acceptors (Lipinski definition) is 6. The summed E-state index contributed by atoms with van der Waals surface area (Å²) >= 11 is 1.52. The molecule has 1 fully saturated rings. The molecule has 2 rings (SSSR count). The fourth-order valence-electron chi connectivity index (χ4n) is 2.78. The maximum atomic E-state index is 12.6. The van der Waals surface area contributed by atoms with Gasteiger partial charge in [0.25, 0.3) is 5.91 Å². The van der Waals surface area contributed by atoms with Crippen LogP contribution in [-0.2, 0) is 11.2 Å². The molecule has 0 saturated carbocycles. The fourth-order valence-corrected chi connectivity index (χ4v) is 3.56. The summed E-state index contributed by atoms with van der Waals surface area (Å²) in [6.07, 6.45) is 1.77. The maximum absolute atomic E-state index is 12.6. The van der Waals surface area contributed by atoms with Crippen LogP contribution in [0.25, 0.3) is 0 Å². The first-order valence-electron chi connectivity index (χ1n) is 7.86. The van der Waals surface area contributed by atoms with Gasteiger partial charge in [-0.25, -0.2) is 4.98 Å². The number of thiazole rings is 1. The minimum Gasteiger partial charge on any atom is -0.383 e. The Morgan fingerprint density at radius 3 is 3.05 bits per heavy atom. The van der Waals surface area contributed by atoms with Gasteiger partial charge in [-0.2, -0.15) is 0 Å². The van der Waals surface area contributed by atoms with Crippen LogP contribution in [-0.4, -0.2) is 73.2 Å². The van der Waals surface area contributed by atoms with Gasteiger partial charge in [0.2, 0.25) is 0 Å². The van der Waals surface area contributed by atoms with Crippen molar-refractivity contribution >= 4 is 17.2 Å². The highest BCUT2D eigenvalue weighted by Crippen LogP contribution is 2.17. The van der Waals surface area contributed by atoms with Crippen LogP contribution in [0.4, 0.5) is 0 Å². The molecule has 1 saturated heterocycles. The quantitative estimate of drug-likeness (QED) is 0.803. The second kappa shape index (κ2) is 8.57. The first kappa shape index (κ1) is 17.3. The maximum Gasteiger partial charge on any atom is 0.273 e. The van der Waals surface area contributed by atoms with Crippen LogP contribution in [0.2, 0.25) is 0 Å². The molecule has 124 valence electrons. The van der Waals surface area contributed by atoms with Crippen LogP contribution >= 0.6 is 11.3 Å². The highest BCUT2D eigenvalue weighted by molar-refractivity contribution is 7.09. The van der Waals surface area contributed by atoms with Crippen molar-refractivity contribution in [1.29, 1.82) is 0 Å². The molecule has 1 aromatic rings. The van der Waals surface area contributed by atoms with E-state index in [1.807, 2.05) is 10.3 Å². The molecular formula is C15H26N4O2S. The molecule has 1 unspecified atom stereocenters. The Morgan fingerprint density at radius 2 is 2.36 bits per heavy atom. The Morgan fingerprint density at radius 1 is 1.55 bits per heavy atom. The monoisotopic (exact) mass is 326 g/mol. The molecular weight excluding hydrogens is 300 g/mol. The third kappa shape index (κ3) is 4.25. The lowest BCUT2D eigenvalue weighted by Gasteiger charge is -2.40. The van der Waals surface area contributed by atoms with Crippen molar-refractivity contribution in [3.63, 3.8) is 0 Å². The van der Waals surface area contributed by atoms with Gasteiger partial charge < -0.3 is 15.4 Å². The van der Waals surface area contributed by atoms with Crippen molar-refractivity contribution in [2.75, 3.05) is 46.4 Å². The largest absolute Gasteiger partial charge is 0.383 e. The summed E-state index contributed by atoms with van der Waals surface area (Å²) in [5.41, 5.74) is 6.10. The highest BCUT2D eigenvalue weighted by atomic mass is 32.1. The summed E-state index contributed by atoms with van der Waals surface area (Å²) < 4.78 is 5.17. The number of methoxy groups -OCH3 is 1. The summed E-state index contributed by atoms with van der Waals surface area (Å²) in [5.74, 6) is 0.0457. The fraction of sp³-hybridized carbons (Fsp3) is 0.733. The Balaban J connectivity index is 1.96. The molecule has 0 bridgehead atoms. The van der Waals surface area contributed by atoms with Crippen molar-refractivity contribution in [3.05, 3.63) is 16.1 Å². The van der Waals surface area contributed by atoms with E-state index in [1.165, 1.54) is 11.3 Å². The summed E-state index contributed by atoms with van der Waals surface area (Å²) in [5, 5.41) is 2.79. The van der Waals surface area contributed by atoms with Crippen LogP contribution < -0.4 is 5.73 Å². The number of amides is 1. The van der Waals surface area contributed by atoms with Gasteiger partial charge in [0.05, 0.1) is 11.6 Å². The lowest BCUT2D eigenvalue weighted by Crippen LogP contribution is -2.55. The molecule has 2 heterocycles. The Hall–Kier alpha value is -1.02. The smallest absolute Gasteiger partial charge is 0.273 e. The zero-order valence-electron chi connectivity index (χ0n) is 13.5. The van der Waals surface area contributed by atoms with Crippen molar-refractivity contribution < 1.29 is 9.53 Å². The molecule has 0 aromatic carbocycles. The van der Waals surface area contributed by atoms with Crippen molar-refractivity contribution in [1.82, 2.24) is 14.8 Å². The van der Waals surface area contributed by atoms with Crippen LogP contribution in [0, 0.1) is 0 Å². The van der Waals surface area contributed by atoms with E-state index in [0.717, 1.165) is 50.6 Å². The van der Waals surface area contributed by atoms with Crippen LogP contribution in [0.1, 0.15) is 28.8 Å². The minimum absolute atomic E-state index is 0.0457. The molecule has 1 amide bonds. The molecule has 0 aliphatic carbocycles. The van der Waals surface area contributed by atoms with Gasteiger partial charge in [-0.05, 0) is 13.0 Å². The number of piperazine rings is 1. The third-order valence-corrected chi connectivity index (χ3v) is 4.98. The first-order valence-corrected chi connectivity index (χ1v) is 8.74. The van der Waals surface area contributed by atoms with Gasteiger partial charge in [0, 0.05) is 51.1 Å². The topological polar surface area (TPSA) is 71.7 Å². The zero-order valence-corrected chi connectivity index (χ0v) is 14.3. The number of hydrogen-bond donors (Lipinski definition) is 1.